The second kappa shape index (κ2) is 6.97. The first-order valence-electron chi connectivity index (χ1n) is 6.92. The van der Waals surface area contributed by atoms with Crippen LogP contribution < -0.4 is 5.32 Å². The minimum atomic E-state index is 0.155. The highest BCUT2D eigenvalue weighted by Gasteiger charge is 2.18. The van der Waals surface area contributed by atoms with Gasteiger partial charge in [-0.05, 0) is 18.8 Å². The molecule has 1 saturated carbocycles. The van der Waals surface area contributed by atoms with Crippen molar-refractivity contribution < 1.29 is 9.53 Å². The zero-order chi connectivity index (χ0) is 11.9. The molecule has 0 bridgehead atoms. The Morgan fingerprint density at radius 3 is 2.59 bits per heavy atom. The maximum Gasteiger partial charge on any atom is 0.248 e. The smallest absolute Gasteiger partial charge is 0.248 e. The molecule has 1 aliphatic carbocycles. The molecule has 1 heterocycles. The van der Waals surface area contributed by atoms with E-state index in [0.29, 0.717) is 5.92 Å². The van der Waals surface area contributed by atoms with Crippen molar-refractivity contribution in [2.45, 2.75) is 32.1 Å². The minimum Gasteiger partial charge on any atom is -0.371 e. The summed E-state index contributed by atoms with van der Waals surface area (Å²) in [6, 6.07) is 0. The predicted molar refractivity (Wildman–Crippen MR) is 66.8 cm³/mol. The predicted octanol–water partition coefficient (Wildman–Crippen LogP) is 1.02. The van der Waals surface area contributed by atoms with Gasteiger partial charge in [0.2, 0.25) is 5.91 Å². The van der Waals surface area contributed by atoms with Crippen LogP contribution in [0.4, 0.5) is 0 Å². The van der Waals surface area contributed by atoms with E-state index in [1.807, 2.05) is 4.90 Å². The average molecular weight is 240 g/mol. The first-order valence-corrected chi connectivity index (χ1v) is 6.92. The molecule has 0 radical (unpaired) electrons. The molecule has 0 spiro atoms. The van der Waals surface area contributed by atoms with Crippen molar-refractivity contribution in [3.8, 4) is 0 Å². The summed E-state index contributed by atoms with van der Waals surface area (Å²) in [6.45, 7) is 4.52. The van der Waals surface area contributed by atoms with E-state index in [1.54, 1.807) is 0 Å². The van der Waals surface area contributed by atoms with Crippen molar-refractivity contribution in [2.75, 3.05) is 39.4 Å². The topological polar surface area (TPSA) is 41.6 Å². The molecule has 17 heavy (non-hydrogen) atoms. The van der Waals surface area contributed by atoms with Crippen molar-refractivity contribution >= 4 is 5.91 Å². The Morgan fingerprint density at radius 2 is 1.88 bits per heavy atom. The lowest BCUT2D eigenvalue weighted by Crippen LogP contribution is -2.47. The Kier molecular flexibility index (Phi) is 5.26. The standard InChI is InChI=1S/C13H24N2O2/c16-13(15-8-6-14-7-9-15)11-17-10-12-4-2-1-3-5-12/h12,14H,1-11H2. The largest absolute Gasteiger partial charge is 0.371 e. The van der Waals surface area contributed by atoms with E-state index < -0.39 is 0 Å². The van der Waals surface area contributed by atoms with Crippen LogP contribution in [0.1, 0.15) is 32.1 Å². The number of rotatable bonds is 4. The lowest BCUT2D eigenvalue weighted by atomic mass is 9.90. The zero-order valence-corrected chi connectivity index (χ0v) is 10.6. The quantitative estimate of drug-likeness (QED) is 0.797. The van der Waals surface area contributed by atoms with Gasteiger partial charge in [-0.25, -0.2) is 0 Å². The van der Waals surface area contributed by atoms with Crippen LogP contribution in [0, 0.1) is 5.92 Å². The molecule has 0 atom stereocenters. The summed E-state index contributed by atoms with van der Waals surface area (Å²) in [5, 5.41) is 3.24. The van der Waals surface area contributed by atoms with E-state index in [4.69, 9.17) is 4.74 Å². The van der Waals surface area contributed by atoms with Crippen LogP contribution in [-0.4, -0.2) is 50.2 Å². The Balaban J connectivity index is 1.58. The lowest BCUT2D eigenvalue weighted by Gasteiger charge is -2.28. The fourth-order valence-corrected chi connectivity index (χ4v) is 2.67. The highest BCUT2D eigenvalue weighted by atomic mass is 16.5. The van der Waals surface area contributed by atoms with Crippen molar-refractivity contribution in [2.24, 2.45) is 5.92 Å². The maximum absolute atomic E-state index is 11.8. The molecule has 98 valence electrons. The summed E-state index contributed by atoms with van der Waals surface area (Å²) in [7, 11) is 0. The third-order valence-corrected chi connectivity index (χ3v) is 3.77. The van der Waals surface area contributed by atoms with Gasteiger partial charge in [-0.2, -0.15) is 0 Å². The van der Waals surface area contributed by atoms with Gasteiger partial charge in [0, 0.05) is 26.2 Å². The first-order chi connectivity index (χ1) is 8.36. The summed E-state index contributed by atoms with van der Waals surface area (Å²) in [4.78, 5) is 13.7. The number of carbonyl (C=O) groups excluding carboxylic acids is 1. The Bertz CT molecular complexity index is 234. The van der Waals surface area contributed by atoms with Crippen molar-refractivity contribution in [1.29, 1.82) is 0 Å². The van der Waals surface area contributed by atoms with E-state index in [-0.39, 0.29) is 12.5 Å². The molecule has 4 nitrogen and oxygen atoms in total. The Hall–Kier alpha value is -0.610. The molecule has 0 aromatic rings. The molecule has 2 fully saturated rings. The molecule has 0 aromatic carbocycles. The monoisotopic (exact) mass is 240 g/mol. The third kappa shape index (κ3) is 4.28. The van der Waals surface area contributed by atoms with Gasteiger partial charge in [-0.3, -0.25) is 4.79 Å². The summed E-state index contributed by atoms with van der Waals surface area (Å²) < 4.78 is 5.58. The summed E-state index contributed by atoms with van der Waals surface area (Å²) in [5.74, 6) is 0.849. The Morgan fingerprint density at radius 1 is 1.18 bits per heavy atom. The van der Waals surface area contributed by atoms with Gasteiger partial charge in [0.25, 0.3) is 0 Å². The molecule has 4 heteroatoms. The number of nitrogens with one attached hydrogen (secondary N) is 1. The molecule has 2 aliphatic rings. The van der Waals surface area contributed by atoms with Crippen molar-refractivity contribution in [3.05, 3.63) is 0 Å². The Labute approximate surface area is 104 Å². The lowest BCUT2D eigenvalue weighted by molar-refractivity contribution is -0.137. The molecule has 1 aliphatic heterocycles. The average Bonchev–Trinajstić information content (AvgIpc) is 2.41. The van der Waals surface area contributed by atoms with Crippen LogP contribution in [0.3, 0.4) is 0 Å². The fourth-order valence-electron chi connectivity index (χ4n) is 2.67. The van der Waals surface area contributed by atoms with E-state index in [9.17, 15) is 4.79 Å². The number of hydrogen-bond donors (Lipinski definition) is 1. The molecule has 2 rings (SSSR count). The zero-order valence-electron chi connectivity index (χ0n) is 10.6. The first kappa shape index (κ1) is 12.8. The van der Waals surface area contributed by atoms with E-state index in [2.05, 4.69) is 5.32 Å². The van der Waals surface area contributed by atoms with Crippen LogP contribution in [-0.2, 0) is 9.53 Å². The van der Waals surface area contributed by atoms with Crippen LogP contribution in [0.5, 0.6) is 0 Å². The number of carbonyl (C=O) groups is 1. The van der Waals surface area contributed by atoms with Gasteiger partial charge in [0.15, 0.2) is 0 Å². The minimum absolute atomic E-state index is 0.155. The number of amides is 1. The molecular formula is C13H24N2O2. The van der Waals surface area contributed by atoms with Gasteiger partial charge < -0.3 is 15.0 Å². The highest BCUT2D eigenvalue weighted by molar-refractivity contribution is 5.77. The van der Waals surface area contributed by atoms with Crippen LogP contribution >= 0.6 is 0 Å². The number of ether oxygens (including phenoxy) is 1. The normalized spacial score (nSPS) is 22.7. The fraction of sp³-hybridized carbons (Fsp3) is 0.923. The maximum atomic E-state index is 11.8. The summed E-state index contributed by atoms with van der Waals surface area (Å²) in [6.07, 6.45) is 6.60. The number of nitrogens with zero attached hydrogens (tertiary/aromatic N) is 1. The van der Waals surface area contributed by atoms with Gasteiger partial charge in [0.1, 0.15) is 6.61 Å². The van der Waals surface area contributed by atoms with Gasteiger partial charge >= 0.3 is 0 Å². The third-order valence-electron chi connectivity index (χ3n) is 3.77. The summed E-state index contributed by atoms with van der Waals surface area (Å²) in [5.41, 5.74) is 0. The van der Waals surface area contributed by atoms with Crippen LogP contribution in [0.15, 0.2) is 0 Å². The molecule has 1 saturated heterocycles. The summed E-state index contributed by atoms with van der Waals surface area (Å²) >= 11 is 0. The van der Waals surface area contributed by atoms with Crippen molar-refractivity contribution in [3.63, 3.8) is 0 Å². The second-order valence-corrected chi connectivity index (χ2v) is 5.15. The molecule has 1 N–H and O–H groups in total. The van der Waals surface area contributed by atoms with Gasteiger partial charge in [-0.1, -0.05) is 19.3 Å². The highest BCUT2D eigenvalue weighted by Crippen LogP contribution is 2.23. The molecule has 0 aromatic heterocycles. The SMILES string of the molecule is O=C(COCC1CCCCC1)N1CCNCC1. The van der Waals surface area contributed by atoms with Gasteiger partial charge in [0.05, 0.1) is 6.61 Å². The van der Waals surface area contributed by atoms with Gasteiger partial charge in [-0.15, -0.1) is 0 Å². The van der Waals surface area contributed by atoms with Crippen molar-refractivity contribution in [1.82, 2.24) is 10.2 Å². The molecule has 1 amide bonds. The second-order valence-electron chi connectivity index (χ2n) is 5.15. The number of piperazine rings is 1. The van der Waals surface area contributed by atoms with Crippen LogP contribution in [0.2, 0.25) is 0 Å². The van der Waals surface area contributed by atoms with E-state index >= 15 is 0 Å². The van der Waals surface area contributed by atoms with Crippen LogP contribution in [0.25, 0.3) is 0 Å². The molecular weight excluding hydrogens is 216 g/mol. The van der Waals surface area contributed by atoms with E-state index in [1.165, 1.54) is 32.1 Å². The van der Waals surface area contributed by atoms with E-state index in [0.717, 1.165) is 32.8 Å². The molecule has 0 unspecified atom stereocenters. The number of hydrogen-bond acceptors (Lipinski definition) is 3.